The molecule has 0 spiro atoms. The fourth-order valence-corrected chi connectivity index (χ4v) is 4.56. The molecular weight excluding hydrogens is 552 g/mol. The standard InChI is InChI=1S/C26H28O15/c27-10-3-1-9(2-4-10)23-24(19(33)16-12(29)5-11(28)6-14(16)39-23)41-26-22(36)20(34)18(32)15(40-26)8-38-25-21(35)17(31)13(30)7-37-25/h1-6,13,15,17-18,20-22,25-32,34-36H,7-8H2/t13-,15-,17+,18-,20+,21-,22-,25+,26+/m0/s1. The van der Waals surface area contributed by atoms with E-state index in [2.05, 4.69) is 0 Å². The molecular formula is C26H28O15. The Morgan fingerprint density at radius 2 is 1.49 bits per heavy atom. The predicted molar refractivity (Wildman–Crippen MR) is 134 cm³/mol. The van der Waals surface area contributed by atoms with Gasteiger partial charge in [-0.25, -0.2) is 0 Å². The first-order valence-corrected chi connectivity index (χ1v) is 12.4. The molecule has 2 aliphatic rings. The number of hydrogen-bond acceptors (Lipinski definition) is 15. The van der Waals surface area contributed by atoms with Gasteiger partial charge >= 0.3 is 0 Å². The van der Waals surface area contributed by atoms with Gasteiger partial charge in [-0.05, 0) is 24.3 Å². The molecule has 222 valence electrons. The van der Waals surface area contributed by atoms with Crippen LogP contribution < -0.4 is 10.2 Å². The normalized spacial score (nSPS) is 32.2. The minimum Gasteiger partial charge on any atom is -0.508 e. The summed E-state index contributed by atoms with van der Waals surface area (Å²) in [5.74, 6) is -1.97. The number of hydrogen-bond donors (Lipinski definition) is 9. The fourth-order valence-electron chi connectivity index (χ4n) is 4.56. The van der Waals surface area contributed by atoms with E-state index in [0.717, 1.165) is 12.1 Å². The molecule has 41 heavy (non-hydrogen) atoms. The summed E-state index contributed by atoms with van der Waals surface area (Å²) in [6, 6.07) is 7.33. The Kier molecular flexibility index (Phi) is 8.06. The first-order chi connectivity index (χ1) is 19.5. The largest absolute Gasteiger partial charge is 0.508 e. The lowest BCUT2D eigenvalue weighted by atomic mass is 9.99. The van der Waals surface area contributed by atoms with Crippen LogP contribution in [-0.4, -0.2) is 114 Å². The highest BCUT2D eigenvalue weighted by Crippen LogP contribution is 2.37. The predicted octanol–water partition coefficient (Wildman–Crippen LogP) is -1.78. The van der Waals surface area contributed by atoms with Crippen molar-refractivity contribution in [2.24, 2.45) is 0 Å². The maximum Gasteiger partial charge on any atom is 0.239 e. The molecule has 0 amide bonds. The SMILES string of the molecule is O=c1c(O[C@H]2O[C@@H](CO[C@H]3OC[C@H](O)[C@@H](O)[C@@H]3O)[C@H](O)[C@@H](O)[C@@H]2O)c(-c2ccc(O)cc2)oc2cc(O)cc(O)c12. The van der Waals surface area contributed by atoms with Crippen LogP contribution in [0.1, 0.15) is 0 Å². The van der Waals surface area contributed by atoms with Gasteiger partial charge in [0.25, 0.3) is 0 Å². The van der Waals surface area contributed by atoms with Gasteiger partial charge in [0, 0.05) is 17.7 Å². The van der Waals surface area contributed by atoms with E-state index >= 15 is 0 Å². The van der Waals surface area contributed by atoms with E-state index in [-0.39, 0.29) is 34.6 Å². The van der Waals surface area contributed by atoms with Gasteiger partial charge in [0.2, 0.25) is 17.5 Å². The highest BCUT2D eigenvalue weighted by molar-refractivity contribution is 5.88. The number of ether oxygens (including phenoxy) is 4. The minimum atomic E-state index is -1.91. The van der Waals surface area contributed by atoms with Crippen LogP contribution in [0.2, 0.25) is 0 Å². The van der Waals surface area contributed by atoms with Crippen LogP contribution in [0.25, 0.3) is 22.3 Å². The lowest BCUT2D eigenvalue weighted by Crippen LogP contribution is -2.61. The number of benzene rings is 2. The van der Waals surface area contributed by atoms with Crippen LogP contribution in [-0.2, 0) is 14.2 Å². The van der Waals surface area contributed by atoms with Gasteiger partial charge in [0.05, 0.1) is 13.2 Å². The second kappa shape index (κ2) is 11.4. The Bertz CT molecular complexity index is 1440. The quantitative estimate of drug-likeness (QED) is 0.156. The van der Waals surface area contributed by atoms with Crippen molar-refractivity contribution in [2.75, 3.05) is 13.2 Å². The Hall–Kier alpha value is -3.51. The number of aromatic hydroxyl groups is 3. The molecule has 9 N–H and O–H groups in total. The summed E-state index contributed by atoms with van der Waals surface area (Å²) in [7, 11) is 0. The Labute approximate surface area is 230 Å². The molecule has 2 aromatic carbocycles. The van der Waals surface area contributed by atoms with Crippen molar-refractivity contribution in [1.82, 2.24) is 0 Å². The van der Waals surface area contributed by atoms with Crippen molar-refractivity contribution in [2.45, 2.75) is 55.3 Å². The molecule has 9 atom stereocenters. The van der Waals surface area contributed by atoms with Gasteiger partial charge in [0.1, 0.15) is 70.9 Å². The smallest absolute Gasteiger partial charge is 0.239 e. The van der Waals surface area contributed by atoms with Crippen LogP contribution in [0.15, 0.2) is 45.6 Å². The van der Waals surface area contributed by atoms with Crippen LogP contribution in [0.3, 0.4) is 0 Å². The second-order valence-corrected chi connectivity index (χ2v) is 9.69. The zero-order chi connectivity index (χ0) is 29.6. The highest BCUT2D eigenvalue weighted by atomic mass is 16.7. The zero-order valence-corrected chi connectivity index (χ0v) is 21.0. The molecule has 2 aliphatic heterocycles. The summed E-state index contributed by atoms with van der Waals surface area (Å²) in [6.07, 6.45) is -14.8. The third kappa shape index (κ3) is 5.54. The number of rotatable bonds is 6. The van der Waals surface area contributed by atoms with E-state index in [0.29, 0.717) is 0 Å². The molecule has 3 aromatic rings. The lowest BCUT2D eigenvalue weighted by molar-refractivity contribution is -0.307. The molecule has 0 bridgehead atoms. The second-order valence-electron chi connectivity index (χ2n) is 9.69. The summed E-state index contributed by atoms with van der Waals surface area (Å²) < 4.78 is 27.6. The summed E-state index contributed by atoms with van der Waals surface area (Å²) in [4.78, 5) is 13.5. The van der Waals surface area contributed by atoms with Gasteiger partial charge in [0.15, 0.2) is 12.1 Å². The number of aliphatic hydroxyl groups excluding tert-OH is 6. The minimum absolute atomic E-state index is 0.102. The van der Waals surface area contributed by atoms with Gasteiger partial charge in [-0.15, -0.1) is 0 Å². The zero-order valence-electron chi connectivity index (χ0n) is 21.0. The maximum absolute atomic E-state index is 13.5. The third-order valence-corrected chi connectivity index (χ3v) is 6.83. The molecule has 0 saturated carbocycles. The van der Waals surface area contributed by atoms with Crippen LogP contribution in [0.4, 0.5) is 0 Å². The van der Waals surface area contributed by atoms with Crippen molar-refractivity contribution in [1.29, 1.82) is 0 Å². The van der Waals surface area contributed by atoms with E-state index in [1.54, 1.807) is 0 Å². The monoisotopic (exact) mass is 580 g/mol. The first-order valence-electron chi connectivity index (χ1n) is 12.4. The summed E-state index contributed by atoms with van der Waals surface area (Å²) in [5, 5.41) is 90.6. The van der Waals surface area contributed by atoms with E-state index in [4.69, 9.17) is 23.4 Å². The first kappa shape index (κ1) is 29.0. The molecule has 3 heterocycles. The van der Waals surface area contributed by atoms with Crippen molar-refractivity contribution in [3.8, 4) is 34.3 Å². The van der Waals surface area contributed by atoms with Crippen molar-refractivity contribution in [3.05, 3.63) is 46.6 Å². The molecule has 0 aliphatic carbocycles. The average molecular weight is 580 g/mol. The third-order valence-electron chi connectivity index (χ3n) is 6.83. The van der Waals surface area contributed by atoms with E-state index in [1.807, 2.05) is 0 Å². The lowest BCUT2D eigenvalue weighted by Gasteiger charge is -2.41. The summed E-state index contributed by atoms with van der Waals surface area (Å²) in [6.45, 7) is -0.918. The van der Waals surface area contributed by atoms with Crippen molar-refractivity contribution < 1.29 is 69.3 Å². The van der Waals surface area contributed by atoms with Crippen molar-refractivity contribution in [3.63, 3.8) is 0 Å². The van der Waals surface area contributed by atoms with Crippen LogP contribution in [0, 0.1) is 0 Å². The topological polar surface area (TPSA) is 249 Å². The van der Waals surface area contributed by atoms with Gasteiger partial charge in [-0.3, -0.25) is 4.79 Å². The Morgan fingerprint density at radius 1 is 0.805 bits per heavy atom. The molecule has 0 unspecified atom stereocenters. The number of aliphatic hydroxyl groups is 6. The van der Waals surface area contributed by atoms with Crippen molar-refractivity contribution >= 4 is 11.0 Å². The molecule has 2 fully saturated rings. The summed E-state index contributed by atoms with van der Waals surface area (Å²) >= 11 is 0. The number of fused-ring (bicyclic) bond motifs is 1. The van der Waals surface area contributed by atoms with Gasteiger partial charge in [-0.2, -0.15) is 0 Å². The number of phenols is 3. The number of phenolic OH excluding ortho intramolecular Hbond substituents is 3. The van der Waals surface area contributed by atoms with E-state index in [1.165, 1.54) is 24.3 Å². The average Bonchev–Trinajstić information content (AvgIpc) is 2.93. The van der Waals surface area contributed by atoms with Gasteiger partial charge in [-0.1, -0.05) is 0 Å². The molecule has 1 aromatic heterocycles. The Balaban J connectivity index is 1.46. The fraction of sp³-hybridized carbons (Fsp3) is 0.423. The highest BCUT2D eigenvalue weighted by Gasteiger charge is 2.47. The molecule has 2 saturated heterocycles. The van der Waals surface area contributed by atoms with Crippen LogP contribution >= 0.6 is 0 Å². The molecule has 0 radical (unpaired) electrons. The molecule has 15 nitrogen and oxygen atoms in total. The molecule has 15 heteroatoms. The molecule has 5 rings (SSSR count). The van der Waals surface area contributed by atoms with E-state index < -0.39 is 84.6 Å². The summed E-state index contributed by atoms with van der Waals surface area (Å²) in [5.41, 5.74) is -0.954. The van der Waals surface area contributed by atoms with Crippen LogP contribution in [0.5, 0.6) is 23.0 Å². The van der Waals surface area contributed by atoms with E-state index in [9.17, 15) is 50.8 Å². The van der Waals surface area contributed by atoms with Gasteiger partial charge < -0.3 is 69.3 Å². The Morgan fingerprint density at radius 3 is 2.20 bits per heavy atom. The maximum atomic E-state index is 13.5.